The van der Waals surface area contributed by atoms with E-state index in [4.69, 9.17) is 0 Å². The second kappa shape index (κ2) is 6.75. The van der Waals surface area contributed by atoms with E-state index in [2.05, 4.69) is 5.10 Å². The molecular formula is C20H20N4O3. The van der Waals surface area contributed by atoms with E-state index in [9.17, 15) is 14.7 Å². The maximum Gasteiger partial charge on any atom is 0.308 e. The smallest absolute Gasteiger partial charge is 0.308 e. The van der Waals surface area contributed by atoms with Gasteiger partial charge in [0.25, 0.3) is 5.91 Å². The lowest BCUT2D eigenvalue weighted by atomic mass is 9.89. The van der Waals surface area contributed by atoms with E-state index in [0.29, 0.717) is 17.9 Å². The lowest BCUT2D eigenvalue weighted by molar-refractivity contribution is -0.141. The number of aromatic nitrogens is 3. The zero-order chi connectivity index (χ0) is 19.0. The van der Waals surface area contributed by atoms with Crippen molar-refractivity contribution in [3.63, 3.8) is 0 Å². The number of aryl methyl sites for hydroxylation is 1. The minimum absolute atomic E-state index is 0.188. The van der Waals surface area contributed by atoms with Crippen molar-refractivity contribution in [2.24, 2.45) is 13.0 Å². The minimum Gasteiger partial charge on any atom is -0.481 e. The van der Waals surface area contributed by atoms with Crippen molar-refractivity contribution in [1.82, 2.24) is 19.2 Å². The van der Waals surface area contributed by atoms with Gasteiger partial charge in [-0.3, -0.25) is 14.3 Å². The van der Waals surface area contributed by atoms with Gasteiger partial charge in [-0.25, -0.2) is 0 Å². The van der Waals surface area contributed by atoms with Crippen LogP contribution in [0.1, 0.15) is 21.8 Å². The molecule has 0 aliphatic carbocycles. The lowest BCUT2D eigenvalue weighted by Gasteiger charge is -2.17. The highest BCUT2D eigenvalue weighted by Crippen LogP contribution is 2.34. The average molecular weight is 364 g/mol. The highest BCUT2D eigenvalue weighted by atomic mass is 16.4. The summed E-state index contributed by atoms with van der Waals surface area (Å²) < 4.78 is 3.48. The second-order valence-corrected chi connectivity index (χ2v) is 6.77. The summed E-state index contributed by atoms with van der Waals surface area (Å²) in [4.78, 5) is 26.6. The molecule has 3 heterocycles. The number of benzene rings is 1. The van der Waals surface area contributed by atoms with Gasteiger partial charge >= 0.3 is 5.97 Å². The number of hydrogen-bond donors (Lipinski definition) is 1. The van der Waals surface area contributed by atoms with Crippen LogP contribution < -0.4 is 0 Å². The van der Waals surface area contributed by atoms with Gasteiger partial charge in [-0.1, -0.05) is 30.3 Å². The molecule has 1 saturated heterocycles. The zero-order valence-electron chi connectivity index (χ0n) is 14.9. The maximum atomic E-state index is 13.2. The lowest BCUT2D eigenvalue weighted by Crippen LogP contribution is -2.30. The molecule has 2 aromatic heterocycles. The molecule has 3 aromatic rings. The highest BCUT2D eigenvalue weighted by molar-refractivity contribution is 5.97. The molecule has 1 N–H and O–H groups in total. The first kappa shape index (κ1) is 17.1. The number of aliphatic carboxylic acids is 1. The summed E-state index contributed by atoms with van der Waals surface area (Å²) in [7, 11) is 1.78. The summed E-state index contributed by atoms with van der Waals surface area (Å²) in [5.74, 6) is -1.25. The average Bonchev–Trinajstić information content (AvgIpc) is 3.41. The third-order valence-electron chi connectivity index (χ3n) is 5.14. The molecule has 138 valence electrons. The van der Waals surface area contributed by atoms with Gasteiger partial charge in [0.05, 0.1) is 12.1 Å². The van der Waals surface area contributed by atoms with Gasteiger partial charge in [0, 0.05) is 38.4 Å². The topological polar surface area (TPSA) is 80.4 Å². The quantitative estimate of drug-likeness (QED) is 0.769. The normalized spacial score (nSPS) is 19.4. The molecule has 2 atom stereocenters. The maximum absolute atomic E-state index is 13.2. The Morgan fingerprint density at radius 1 is 1.07 bits per heavy atom. The zero-order valence-corrected chi connectivity index (χ0v) is 14.9. The van der Waals surface area contributed by atoms with Crippen LogP contribution in [-0.2, 0) is 11.8 Å². The van der Waals surface area contributed by atoms with Gasteiger partial charge in [-0.15, -0.1) is 0 Å². The van der Waals surface area contributed by atoms with Crippen LogP contribution >= 0.6 is 0 Å². The molecule has 1 aliphatic rings. The first-order valence-corrected chi connectivity index (χ1v) is 8.78. The van der Waals surface area contributed by atoms with E-state index >= 15 is 0 Å². The van der Waals surface area contributed by atoms with Gasteiger partial charge in [-0.05, 0) is 17.7 Å². The Bertz CT molecular complexity index is 963. The van der Waals surface area contributed by atoms with E-state index in [-0.39, 0.29) is 18.4 Å². The number of nitrogens with zero attached hydrogens (tertiary/aromatic N) is 4. The molecule has 0 radical (unpaired) electrons. The van der Waals surface area contributed by atoms with Crippen molar-refractivity contribution in [3.05, 3.63) is 72.2 Å². The van der Waals surface area contributed by atoms with Crippen LogP contribution in [0.25, 0.3) is 5.82 Å². The molecule has 7 nitrogen and oxygen atoms in total. The minimum atomic E-state index is -0.879. The van der Waals surface area contributed by atoms with Gasteiger partial charge in [0.15, 0.2) is 0 Å². The van der Waals surface area contributed by atoms with Gasteiger partial charge < -0.3 is 14.6 Å². The van der Waals surface area contributed by atoms with Crippen molar-refractivity contribution in [1.29, 1.82) is 0 Å². The van der Waals surface area contributed by atoms with Crippen molar-refractivity contribution >= 4 is 11.9 Å². The summed E-state index contributed by atoms with van der Waals surface area (Å²) in [6, 6.07) is 13.3. The summed E-state index contributed by atoms with van der Waals surface area (Å²) in [6.45, 7) is 0.563. The molecular weight excluding hydrogens is 344 g/mol. The third kappa shape index (κ3) is 3.01. The van der Waals surface area contributed by atoms with Crippen LogP contribution in [0, 0.1) is 5.92 Å². The monoisotopic (exact) mass is 364 g/mol. The summed E-state index contributed by atoms with van der Waals surface area (Å²) in [5, 5.41) is 13.9. The number of amides is 1. The Morgan fingerprint density at radius 3 is 2.44 bits per heavy atom. The van der Waals surface area contributed by atoms with Gasteiger partial charge in [0.2, 0.25) is 0 Å². The van der Waals surface area contributed by atoms with E-state index in [1.165, 1.54) is 0 Å². The van der Waals surface area contributed by atoms with E-state index < -0.39 is 11.9 Å². The van der Waals surface area contributed by atoms with Crippen LogP contribution in [0.2, 0.25) is 0 Å². The largest absolute Gasteiger partial charge is 0.481 e. The fraction of sp³-hybridized carbons (Fsp3) is 0.250. The predicted octanol–water partition coefficient (Wildman–Crippen LogP) is 2.15. The number of carbonyl (C=O) groups excluding carboxylic acids is 1. The highest BCUT2D eigenvalue weighted by Gasteiger charge is 2.41. The Labute approximate surface area is 156 Å². The molecule has 1 aromatic carbocycles. The fourth-order valence-corrected chi connectivity index (χ4v) is 3.79. The predicted molar refractivity (Wildman–Crippen MR) is 98.7 cm³/mol. The summed E-state index contributed by atoms with van der Waals surface area (Å²) in [6.07, 6.45) is 5.25. The molecule has 0 saturated carbocycles. The van der Waals surface area contributed by atoms with Crippen molar-refractivity contribution in [3.8, 4) is 5.82 Å². The fourth-order valence-electron chi connectivity index (χ4n) is 3.79. The first-order chi connectivity index (χ1) is 13.1. The number of carboxylic acid groups (broad SMARTS) is 1. The van der Waals surface area contributed by atoms with Crippen molar-refractivity contribution in [2.75, 3.05) is 13.1 Å². The molecule has 4 rings (SSSR count). The first-order valence-electron chi connectivity index (χ1n) is 8.78. The van der Waals surface area contributed by atoms with Crippen molar-refractivity contribution in [2.45, 2.75) is 5.92 Å². The molecule has 0 unspecified atom stereocenters. The standard InChI is InChI=1S/C20H20N4O3/c1-22-18(23-9-5-6-10-23)15(11-21-22)19(25)24-12-16(17(13-24)20(26)27)14-7-3-2-4-8-14/h2-11,16-17H,12-13H2,1H3,(H,26,27)/t16-,17+/m0/s1. The van der Waals surface area contributed by atoms with Crippen molar-refractivity contribution < 1.29 is 14.7 Å². The Balaban J connectivity index is 1.65. The number of carboxylic acids is 1. The number of carbonyl (C=O) groups is 2. The summed E-state index contributed by atoms with van der Waals surface area (Å²) >= 11 is 0. The molecule has 7 heteroatoms. The van der Waals surface area contributed by atoms with Crippen LogP contribution in [0.15, 0.2) is 61.1 Å². The Kier molecular flexibility index (Phi) is 4.27. The van der Waals surface area contributed by atoms with E-state index in [1.807, 2.05) is 59.4 Å². The molecule has 1 aliphatic heterocycles. The molecule has 0 bridgehead atoms. The van der Waals surface area contributed by atoms with Crippen LogP contribution in [0.4, 0.5) is 0 Å². The Morgan fingerprint density at radius 2 is 1.78 bits per heavy atom. The van der Waals surface area contributed by atoms with Gasteiger partial charge in [-0.2, -0.15) is 5.10 Å². The molecule has 1 amide bonds. The number of likely N-dealkylation sites (tertiary alicyclic amines) is 1. The SMILES string of the molecule is Cn1ncc(C(=O)N2C[C@@H](C(=O)O)[C@H](c3ccccc3)C2)c1-n1cccc1. The van der Waals surface area contributed by atoms with Gasteiger partial charge in [0.1, 0.15) is 11.4 Å². The second-order valence-electron chi connectivity index (χ2n) is 6.77. The van der Waals surface area contributed by atoms with Crippen LogP contribution in [0.3, 0.4) is 0 Å². The van der Waals surface area contributed by atoms with E-state index in [0.717, 1.165) is 5.56 Å². The molecule has 27 heavy (non-hydrogen) atoms. The molecule has 1 fully saturated rings. The van der Waals surface area contributed by atoms with E-state index in [1.54, 1.807) is 22.8 Å². The molecule has 0 spiro atoms. The van der Waals surface area contributed by atoms with Crippen LogP contribution in [0.5, 0.6) is 0 Å². The number of rotatable bonds is 4. The van der Waals surface area contributed by atoms with Crippen LogP contribution in [-0.4, -0.2) is 49.3 Å². The third-order valence-corrected chi connectivity index (χ3v) is 5.14. The summed E-state index contributed by atoms with van der Waals surface area (Å²) in [5.41, 5.74) is 1.41. The Hall–Kier alpha value is -3.35. The number of hydrogen-bond acceptors (Lipinski definition) is 3.